The molecule has 9 heteroatoms. The predicted octanol–water partition coefficient (Wildman–Crippen LogP) is 5.75. The first-order valence-corrected chi connectivity index (χ1v) is 12.1. The first-order chi connectivity index (χ1) is 15.0. The van der Waals surface area contributed by atoms with Crippen molar-refractivity contribution in [2.45, 2.75) is 30.4 Å². The van der Waals surface area contributed by atoms with Crippen LogP contribution in [0.5, 0.6) is 0 Å². The van der Waals surface area contributed by atoms with Crippen LogP contribution >= 0.6 is 23.2 Å². The van der Waals surface area contributed by atoms with Crippen LogP contribution in [0.15, 0.2) is 66.0 Å². The van der Waals surface area contributed by atoms with Gasteiger partial charge in [0.15, 0.2) is 0 Å². The van der Waals surface area contributed by atoms with Crippen molar-refractivity contribution < 1.29 is 13.2 Å². The zero-order valence-corrected chi connectivity index (χ0v) is 18.7. The lowest BCUT2D eigenvalue weighted by Crippen LogP contribution is -2.18. The molecule has 160 valence electrons. The zero-order chi connectivity index (χ0) is 21.6. The van der Waals surface area contributed by atoms with E-state index in [1.807, 2.05) is 6.20 Å². The maximum atomic E-state index is 13.4. The van der Waals surface area contributed by atoms with Gasteiger partial charge in [-0.2, -0.15) is 5.10 Å². The van der Waals surface area contributed by atoms with Gasteiger partial charge in [-0.15, -0.1) is 0 Å². The molecule has 1 aliphatic rings. The third-order valence-electron chi connectivity index (χ3n) is 5.49. The van der Waals surface area contributed by atoms with Gasteiger partial charge in [-0.1, -0.05) is 47.5 Å². The second-order valence-electron chi connectivity index (χ2n) is 7.44. The molecule has 0 amide bonds. The second kappa shape index (κ2) is 7.98. The summed E-state index contributed by atoms with van der Waals surface area (Å²) in [4.78, 5) is 0.167. The van der Waals surface area contributed by atoms with Crippen LogP contribution in [0, 0.1) is 0 Å². The second-order valence-corrected chi connectivity index (χ2v) is 10.0. The Hall–Kier alpha value is -2.32. The van der Waals surface area contributed by atoms with Crippen LogP contribution in [0.1, 0.15) is 25.5 Å². The fourth-order valence-corrected chi connectivity index (χ4v) is 5.78. The standard InChI is InChI=1S/C22H19Cl2N3O3S/c23-19-10-9-17-18(15-12-25-26(13-15)20-8-4-5-11-30-20)14-27(22(17)21(19)24)31(28,29)16-6-2-1-3-7-16/h1-3,6-7,9-10,12-14,20H,4-5,8,11H2. The Morgan fingerprint density at radius 3 is 2.58 bits per heavy atom. The SMILES string of the molecule is O=S(=O)(c1ccccc1)n1cc(-c2cnn(C3CCCCO3)c2)c2ccc(Cl)c(Cl)c21. The number of nitrogens with zero attached hydrogens (tertiary/aromatic N) is 3. The molecule has 0 N–H and O–H groups in total. The summed E-state index contributed by atoms with van der Waals surface area (Å²) < 4.78 is 35.7. The van der Waals surface area contributed by atoms with Crippen molar-refractivity contribution in [2.24, 2.45) is 0 Å². The van der Waals surface area contributed by atoms with Gasteiger partial charge >= 0.3 is 0 Å². The van der Waals surface area contributed by atoms with E-state index in [1.165, 1.54) is 3.97 Å². The van der Waals surface area contributed by atoms with E-state index < -0.39 is 10.0 Å². The normalized spacial score (nSPS) is 17.3. The summed E-state index contributed by atoms with van der Waals surface area (Å²) in [6.45, 7) is 0.711. The first kappa shape index (κ1) is 20.6. The molecule has 1 saturated heterocycles. The minimum absolute atomic E-state index is 0.109. The van der Waals surface area contributed by atoms with E-state index in [4.69, 9.17) is 27.9 Å². The Kier molecular flexibility index (Phi) is 5.30. The summed E-state index contributed by atoms with van der Waals surface area (Å²) in [7, 11) is -3.88. The Labute approximate surface area is 190 Å². The summed E-state index contributed by atoms with van der Waals surface area (Å²) in [6.07, 6.45) is 8.10. The lowest BCUT2D eigenvalue weighted by molar-refractivity contribution is -0.0394. The molecule has 0 radical (unpaired) electrons. The van der Waals surface area contributed by atoms with Crippen LogP contribution < -0.4 is 0 Å². The Balaban J connectivity index is 1.69. The monoisotopic (exact) mass is 475 g/mol. The maximum Gasteiger partial charge on any atom is 0.268 e. The number of rotatable bonds is 4. The van der Waals surface area contributed by atoms with Gasteiger partial charge in [0.2, 0.25) is 0 Å². The molecule has 0 bridgehead atoms. The summed E-state index contributed by atoms with van der Waals surface area (Å²) in [5, 5.41) is 5.62. The molecule has 3 heterocycles. The minimum Gasteiger partial charge on any atom is -0.357 e. The lowest BCUT2D eigenvalue weighted by Gasteiger charge is -2.22. The Bertz CT molecular complexity index is 1360. The number of halogens is 2. The van der Waals surface area contributed by atoms with Crippen molar-refractivity contribution in [3.63, 3.8) is 0 Å². The topological polar surface area (TPSA) is 66.1 Å². The Morgan fingerprint density at radius 2 is 1.84 bits per heavy atom. The average Bonchev–Trinajstić information content (AvgIpc) is 3.43. The van der Waals surface area contributed by atoms with E-state index in [0.29, 0.717) is 23.1 Å². The highest BCUT2D eigenvalue weighted by molar-refractivity contribution is 7.90. The van der Waals surface area contributed by atoms with Gasteiger partial charge in [-0.05, 0) is 37.5 Å². The van der Waals surface area contributed by atoms with Gasteiger partial charge in [0.25, 0.3) is 10.0 Å². The molecule has 1 unspecified atom stereocenters. The van der Waals surface area contributed by atoms with E-state index in [9.17, 15) is 8.42 Å². The molecule has 2 aromatic heterocycles. The highest BCUT2D eigenvalue weighted by atomic mass is 35.5. The van der Waals surface area contributed by atoms with E-state index in [1.54, 1.807) is 59.5 Å². The van der Waals surface area contributed by atoms with Crippen LogP contribution in [0.25, 0.3) is 22.0 Å². The predicted molar refractivity (Wildman–Crippen MR) is 121 cm³/mol. The van der Waals surface area contributed by atoms with Gasteiger partial charge < -0.3 is 4.74 Å². The van der Waals surface area contributed by atoms with Crippen molar-refractivity contribution in [3.05, 3.63) is 71.1 Å². The van der Waals surface area contributed by atoms with Crippen molar-refractivity contribution in [1.82, 2.24) is 13.8 Å². The van der Waals surface area contributed by atoms with Crippen molar-refractivity contribution >= 4 is 44.1 Å². The molecule has 5 rings (SSSR count). The highest BCUT2D eigenvalue weighted by Crippen LogP contribution is 2.39. The van der Waals surface area contributed by atoms with Gasteiger partial charge in [-0.3, -0.25) is 0 Å². The molecule has 0 spiro atoms. The summed E-state index contributed by atoms with van der Waals surface area (Å²) in [5.74, 6) is 0. The van der Waals surface area contributed by atoms with Crippen molar-refractivity contribution in [1.29, 1.82) is 0 Å². The number of hydrogen-bond donors (Lipinski definition) is 0. The van der Waals surface area contributed by atoms with Crippen molar-refractivity contribution in [3.8, 4) is 11.1 Å². The molecule has 6 nitrogen and oxygen atoms in total. The average molecular weight is 476 g/mol. The van der Waals surface area contributed by atoms with Crippen LogP contribution in [-0.2, 0) is 14.8 Å². The molecule has 0 saturated carbocycles. The molecular formula is C22H19Cl2N3O3S. The molecule has 0 aliphatic carbocycles. The fraction of sp³-hybridized carbons (Fsp3) is 0.227. The van der Waals surface area contributed by atoms with E-state index in [0.717, 1.165) is 24.8 Å². The number of ether oxygens (including phenoxy) is 1. The molecule has 2 aromatic carbocycles. The van der Waals surface area contributed by atoms with Gasteiger partial charge in [0.05, 0.1) is 26.7 Å². The number of hydrogen-bond acceptors (Lipinski definition) is 4. The van der Waals surface area contributed by atoms with Crippen LogP contribution in [0.4, 0.5) is 0 Å². The van der Waals surface area contributed by atoms with Gasteiger partial charge in [0.1, 0.15) is 6.23 Å². The lowest BCUT2D eigenvalue weighted by atomic mass is 10.1. The zero-order valence-electron chi connectivity index (χ0n) is 16.4. The quantitative estimate of drug-likeness (QED) is 0.376. The molecule has 1 fully saturated rings. The third-order valence-corrected chi connectivity index (χ3v) is 7.96. The summed E-state index contributed by atoms with van der Waals surface area (Å²) in [5.41, 5.74) is 1.82. The smallest absolute Gasteiger partial charge is 0.268 e. The summed E-state index contributed by atoms with van der Waals surface area (Å²) >= 11 is 12.7. The highest BCUT2D eigenvalue weighted by Gasteiger charge is 2.25. The van der Waals surface area contributed by atoms with Crippen LogP contribution in [-0.4, -0.2) is 28.8 Å². The molecular weight excluding hydrogens is 457 g/mol. The molecule has 1 atom stereocenters. The Morgan fingerprint density at radius 1 is 1.03 bits per heavy atom. The fourth-order valence-electron chi connectivity index (χ4n) is 3.92. The van der Waals surface area contributed by atoms with Crippen molar-refractivity contribution in [2.75, 3.05) is 6.61 Å². The molecule has 31 heavy (non-hydrogen) atoms. The number of benzene rings is 2. The van der Waals surface area contributed by atoms with Crippen LogP contribution in [0.3, 0.4) is 0 Å². The maximum absolute atomic E-state index is 13.4. The third kappa shape index (κ3) is 3.55. The number of aromatic nitrogens is 3. The van der Waals surface area contributed by atoms with E-state index in [2.05, 4.69) is 5.10 Å². The van der Waals surface area contributed by atoms with E-state index in [-0.39, 0.29) is 21.2 Å². The van der Waals surface area contributed by atoms with Gasteiger partial charge in [-0.25, -0.2) is 17.1 Å². The van der Waals surface area contributed by atoms with Crippen LogP contribution in [0.2, 0.25) is 10.0 Å². The molecule has 4 aromatic rings. The largest absolute Gasteiger partial charge is 0.357 e. The summed E-state index contributed by atoms with van der Waals surface area (Å²) in [6, 6.07) is 11.7. The number of fused-ring (bicyclic) bond motifs is 1. The van der Waals surface area contributed by atoms with Gasteiger partial charge in [0, 0.05) is 35.5 Å². The minimum atomic E-state index is -3.88. The first-order valence-electron chi connectivity index (χ1n) is 9.92. The molecule has 1 aliphatic heterocycles. The van der Waals surface area contributed by atoms with E-state index >= 15 is 0 Å².